The first-order chi connectivity index (χ1) is 7.85. The molecule has 0 amide bonds. The van der Waals surface area contributed by atoms with Crippen LogP contribution in [0.2, 0.25) is 0 Å². The first-order valence-corrected chi connectivity index (χ1v) is 6.87. The van der Waals surface area contributed by atoms with E-state index in [-0.39, 0.29) is 0 Å². The summed E-state index contributed by atoms with van der Waals surface area (Å²) in [4.78, 5) is 0. The normalized spacial score (nSPS) is 9.69. The predicted molar refractivity (Wildman–Crippen MR) is 71.8 cm³/mol. The highest BCUT2D eigenvalue weighted by Crippen LogP contribution is 2.09. The molecule has 1 heteroatoms. The van der Waals surface area contributed by atoms with E-state index in [4.69, 9.17) is 4.42 Å². The second kappa shape index (κ2) is 12.4. The molecule has 1 aromatic rings. The molecule has 0 unspecified atom stereocenters. The Kier molecular flexibility index (Phi) is 11.8. The van der Waals surface area contributed by atoms with Gasteiger partial charge in [0.25, 0.3) is 0 Å². The standard InChI is InChI=1S/C12H20O.C3H8/c1-2-3-4-5-6-7-9-12-10-8-11-13-12;1-3-2/h8,10-11H,2-7,9H2,1H3;3H2,1-2H3. The van der Waals surface area contributed by atoms with Crippen LogP contribution in [0.25, 0.3) is 0 Å². The van der Waals surface area contributed by atoms with Crippen molar-refractivity contribution in [1.82, 2.24) is 0 Å². The number of hydrogen-bond acceptors (Lipinski definition) is 1. The highest BCUT2D eigenvalue weighted by atomic mass is 16.3. The van der Waals surface area contributed by atoms with E-state index in [2.05, 4.69) is 26.8 Å². The van der Waals surface area contributed by atoms with Crippen molar-refractivity contribution in [2.75, 3.05) is 0 Å². The molecule has 1 heterocycles. The van der Waals surface area contributed by atoms with E-state index in [1.165, 1.54) is 44.9 Å². The minimum atomic E-state index is 1.11. The summed E-state index contributed by atoms with van der Waals surface area (Å²) >= 11 is 0. The quantitative estimate of drug-likeness (QED) is 0.549. The molecule has 94 valence electrons. The van der Waals surface area contributed by atoms with Crippen molar-refractivity contribution in [3.05, 3.63) is 24.2 Å². The van der Waals surface area contributed by atoms with Crippen molar-refractivity contribution in [2.24, 2.45) is 0 Å². The van der Waals surface area contributed by atoms with Crippen LogP contribution in [0.1, 0.15) is 71.5 Å². The second-order valence-electron chi connectivity index (χ2n) is 4.30. The fourth-order valence-corrected chi connectivity index (χ4v) is 1.53. The molecular weight excluding hydrogens is 196 g/mol. The second-order valence-corrected chi connectivity index (χ2v) is 4.30. The fraction of sp³-hybridized carbons (Fsp3) is 0.733. The number of furan rings is 1. The molecule has 0 N–H and O–H groups in total. The summed E-state index contributed by atoms with van der Waals surface area (Å²) in [6, 6.07) is 4.03. The van der Waals surface area contributed by atoms with Gasteiger partial charge in [0.2, 0.25) is 0 Å². The van der Waals surface area contributed by atoms with Gasteiger partial charge in [0, 0.05) is 6.42 Å². The zero-order chi connectivity index (χ0) is 12.1. The summed E-state index contributed by atoms with van der Waals surface area (Å²) < 4.78 is 5.26. The first kappa shape index (κ1) is 15.3. The van der Waals surface area contributed by atoms with Gasteiger partial charge in [-0.2, -0.15) is 0 Å². The third kappa shape index (κ3) is 9.82. The number of unbranched alkanes of at least 4 members (excludes halogenated alkanes) is 5. The zero-order valence-electron chi connectivity index (χ0n) is 11.3. The van der Waals surface area contributed by atoms with Crippen molar-refractivity contribution < 1.29 is 4.42 Å². The maximum absolute atomic E-state index is 5.26. The summed E-state index contributed by atoms with van der Waals surface area (Å²) in [7, 11) is 0. The summed E-state index contributed by atoms with van der Waals surface area (Å²) in [5.41, 5.74) is 0. The van der Waals surface area contributed by atoms with Crippen LogP contribution < -0.4 is 0 Å². The van der Waals surface area contributed by atoms with Crippen molar-refractivity contribution >= 4 is 0 Å². The minimum absolute atomic E-state index is 1.11. The van der Waals surface area contributed by atoms with Gasteiger partial charge in [-0.3, -0.25) is 0 Å². The van der Waals surface area contributed by atoms with Crippen molar-refractivity contribution in [2.45, 2.75) is 72.1 Å². The van der Waals surface area contributed by atoms with E-state index in [0.29, 0.717) is 0 Å². The third-order valence-corrected chi connectivity index (χ3v) is 2.36. The molecular formula is C15H28O. The molecule has 1 nitrogen and oxygen atoms in total. The van der Waals surface area contributed by atoms with Crippen LogP contribution in [0.4, 0.5) is 0 Å². The average Bonchev–Trinajstić information content (AvgIpc) is 2.77. The molecule has 0 aromatic carbocycles. The monoisotopic (exact) mass is 224 g/mol. The maximum Gasteiger partial charge on any atom is 0.103 e. The Morgan fingerprint density at radius 3 is 2.12 bits per heavy atom. The SMILES string of the molecule is CCC.CCCCCCCCc1ccco1. The Labute approximate surface area is 101 Å². The van der Waals surface area contributed by atoms with Gasteiger partial charge in [-0.25, -0.2) is 0 Å². The van der Waals surface area contributed by atoms with Gasteiger partial charge in [0.15, 0.2) is 0 Å². The van der Waals surface area contributed by atoms with E-state index in [1.54, 1.807) is 6.26 Å². The minimum Gasteiger partial charge on any atom is -0.469 e. The summed E-state index contributed by atoms with van der Waals surface area (Å²) in [5, 5.41) is 0. The maximum atomic E-state index is 5.26. The van der Waals surface area contributed by atoms with E-state index >= 15 is 0 Å². The van der Waals surface area contributed by atoms with Crippen molar-refractivity contribution in [3.63, 3.8) is 0 Å². The Morgan fingerprint density at radius 2 is 1.56 bits per heavy atom. The van der Waals surface area contributed by atoms with Gasteiger partial charge in [-0.1, -0.05) is 59.3 Å². The molecule has 0 bridgehead atoms. The Hall–Kier alpha value is -0.720. The number of hydrogen-bond donors (Lipinski definition) is 0. The van der Waals surface area contributed by atoms with Gasteiger partial charge in [0.05, 0.1) is 6.26 Å². The molecule has 1 rings (SSSR count). The molecule has 0 saturated carbocycles. The van der Waals surface area contributed by atoms with Gasteiger partial charge < -0.3 is 4.42 Å². The Bertz CT molecular complexity index is 201. The van der Waals surface area contributed by atoms with E-state index < -0.39 is 0 Å². The smallest absolute Gasteiger partial charge is 0.103 e. The van der Waals surface area contributed by atoms with E-state index in [0.717, 1.165) is 12.2 Å². The number of rotatable bonds is 7. The topological polar surface area (TPSA) is 13.1 Å². The molecule has 0 aliphatic rings. The van der Waals surface area contributed by atoms with Crippen LogP contribution in [0, 0.1) is 0 Å². The summed E-state index contributed by atoms with van der Waals surface area (Å²) in [6.07, 6.45) is 12.2. The van der Waals surface area contributed by atoms with E-state index in [1.807, 2.05) is 6.07 Å². The van der Waals surface area contributed by atoms with Crippen LogP contribution in [-0.2, 0) is 6.42 Å². The van der Waals surface area contributed by atoms with Crippen LogP contribution in [-0.4, -0.2) is 0 Å². The molecule has 0 saturated heterocycles. The highest BCUT2D eigenvalue weighted by Gasteiger charge is 1.95. The molecule has 0 spiro atoms. The lowest BCUT2D eigenvalue weighted by atomic mass is 10.1. The molecule has 0 aliphatic heterocycles. The average molecular weight is 224 g/mol. The lowest BCUT2D eigenvalue weighted by Gasteiger charge is -1.98. The largest absolute Gasteiger partial charge is 0.469 e. The Balaban J connectivity index is 0.000000673. The molecule has 0 fully saturated rings. The Morgan fingerprint density at radius 1 is 0.938 bits per heavy atom. The first-order valence-electron chi connectivity index (χ1n) is 6.87. The van der Waals surface area contributed by atoms with Gasteiger partial charge in [-0.15, -0.1) is 0 Å². The molecule has 0 atom stereocenters. The van der Waals surface area contributed by atoms with Crippen molar-refractivity contribution in [1.29, 1.82) is 0 Å². The van der Waals surface area contributed by atoms with Gasteiger partial charge in [0.1, 0.15) is 5.76 Å². The molecule has 0 radical (unpaired) electrons. The highest BCUT2D eigenvalue weighted by molar-refractivity contribution is 4.97. The van der Waals surface area contributed by atoms with E-state index in [9.17, 15) is 0 Å². The lowest BCUT2D eigenvalue weighted by Crippen LogP contribution is -1.83. The van der Waals surface area contributed by atoms with Crippen LogP contribution in [0.15, 0.2) is 22.8 Å². The zero-order valence-corrected chi connectivity index (χ0v) is 11.3. The lowest BCUT2D eigenvalue weighted by molar-refractivity contribution is 0.492. The summed E-state index contributed by atoms with van der Waals surface area (Å²) in [5.74, 6) is 1.13. The molecule has 0 aliphatic carbocycles. The fourth-order valence-electron chi connectivity index (χ4n) is 1.53. The van der Waals surface area contributed by atoms with Crippen molar-refractivity contribution in [3.8, 4) is 0 Å². The molecule has 1 aromatic heterocycles. The van der Waals surface area contributed by atoms with Crippen LogP contribution >= 0.6 is 0 Å². The van der Waals surface area contributed by atoms with Gasteiger partial charge in [-0.05, 0) is 18.6 Å². The number of aryl methyl sites for hydroxylation is 1. The predicted octanol–water partition coefficient (Wildman–Crippen LogP) is 5.60. The summed E-state index contributed by atoms with van der Waals surface area (Å²) in [6.45, 7) is 6.50. The third-order valence-electron chi connectivity index (χ3n) is 2.36. The van der Waals surface area contributed by atoms with Gasteiger partial charge >= 0.3 is 0 Å². The molecule has 16 heavy (non-hydrogen) atoms. The van der Waals surface area contributed by atoms with Crippen LogP contribution in [0.5, 0.6) is 0 Å². The van der Waals surface area contributed by atoms with Crippen LogP contribution in [0.3, 0.4) is 0 Å².